The normalized spacial score (nSPS) is 10.8. The van der Waals surface area contributed by atoms with Gasteiger partial charge >= 0.3 is 0 Å². The van der Waals surface area contributed by atoms with Gasteiger partial charge in [0.05, 0.1) is 11.7 Å². The fourth-order valence-corrected chi connectivity index (χ4v) is 2.56. The van der Waals surface area contributed by atoms with Gasteiger partial charge in [0, 0.05) is 16.5 Å². The molecule has 0 unspecified atom stereocenters. The molecule has 108 valence electrons. The number of anilines is 1. The monoisotopic (exact) mass is 301 g/mol. The number of amides is 1. The Kier molecular flexibility index (Phi) is 4.49. The smallest absolute Gasteiger partial charge is 0.250 e. The number of aryl methyl sites for hydroxylation is 2. The Bertz CT molecular complexity index is 702. The third kappa shape index (κ3) is 4.00. The van der Waals surface area contributed by atoms with Crippen molar-refractivity contribution in [1.82, 2.24) is 4.98 Å². The molecule has 0 radical (unpaired) electrons. The third-order valence-corrected chi connectivity index (χ3v) is 3.61. The van der Waals surface area contributed by atoms with Crippen molar-refractivity contribution in [3.05, 3.63) is 46.9 Å². The second-order valence-corrected chi connectivity index (χ2v) is 5.63. The van der Waals surface area contributed by atoms with E-state index in [0.717, 1.165) is 27.8 Å². The summed E-state index contributed by atoms with van der Waals surface area (Å²) < 4.78 is 0. The van der Waals surface area contributed by atoms with Crippen molar-refractivity contribution < 1.29 is 14.7 Å². The fourth-order valence-electron chi connectivity index (χ4n) is 1.72. The first-order chi connectivity index (χ1) is 9.95. The lowest BCUT2D eigenvalue weighted by Gasteiger charge is -1.99. The zero-order chi connectivity index (χ0) is 15.4. The minimum Gasteiger partial charge on any atom is -0.545 e. The van der Waals surface area contributed by atoms with Crippen molar-refractivity contribution >= 4 is 28.3 Å². The Morgan fingerprint density at radius 1 is 1.19 bits per heavy atom. The van der Waals surface area contributed by atoms with Crippen LogP contribution in [0.2, 0.25) is 0 Å². The summed E-state index contributed by atoms with van der Waals surface area (Å²) in [6.45, 7) is 3.92. The van der Waals surface area contributed by atoms with E-state index in [1.807, 2.05) is 38.1 Å². The number of nitrogens with one attached hydrogen (secondary N) is 1. The molecule has 1 aromatic heterocycles. The van der Waals surface area contributed by atoms with E-state index in [-0.39, 0.29) is 0 Å². The van der Waals surface area contributed by atoms with Gasteiger partial charge < -0.3 is 9.90 Å². The number of carbonyl (C=O) groups excluding carboxylic acids is 2. The van der Waals surface area contributed by atoms with Gasteiger partial charge in [0.1, 0.15) is 0 Å². The standard InChI is InChI=1S/C15H14N2O3S/c1-9-3-5-11(6-4-9)14-10(2)21-15(17-14)16-12(18)7-8-13(19)20/h3-8H,1-2H3,(H,19,20)(H,16,17,18)/p-1. The van der Waals surface area contributed by atoms with E-state index >= 15 is 0 Å². The van der Waals surface area contributed by atoms with Crippen LogP contribution < -0.4 is 10.4 Å². The van der Waals surface area contributed by atoms with Crippen molar-refractivity contribution in [3.63, 3.8) is 0 Å². The molecule has 0 saturated carbocycles. The van der Waals surface area contributed by atoms with E-state index < -0.39 is 11.9 Å². The predicted octanol–water partition coefficient (Wildman–Crippen LogP) is 1.67. The first-order valence-corrected chi connectivity index (χ1v) is 7.02. The van der Waals surface area contributed by atoms with Crippen LogP contribution >= 0.6 is 11.3 Å². The second kappa shape index (κ2) is 6.32. The summed E-state index contributed by atoms with van der Waals surface area (Å²) in [5.74, 6) is -1.97. The molecular weight excluding hydrogens is 288 g/mol. The number of hydrogen-bond donors (Lipinski definition) is 1. The lowest BCUT2D eigenvalue weighted by Crippen LogP contribution is -2.20. The highest BCUT2D eigenvalue weighted by atomic mass is 32.1. The molecule has 1 heterocycles. The SMILES string of the molecule is Cc1ccc(-c2nc(NC(=O)C=CC(=O)[O-])sc2C)cc1. The van der Waals surface area contributed by atoms with Crippen molar-refractivity contribution in [1.29, 1.82) is 0 Å². The molecule has 6 heteroatoms. The maximum Gasteiger partial charge on any atom is 0.250 e. The predicted molar refractivity (Wildman–Crippen MR) is 79.8 cm³/mol. The van der Waals surface area contributed by atoms with Crippen molar-refractivity contribution in [2.24, 2.45) is 0 Å². The van der Waals surface area contributed by atoms with E-state index in [2.05, 4.69) is 10.3 Å². The van der Waals surface area contributed by atoms with Crippen LogP contribution in [-0.2, 0) is 9.59 Å². The number of carboxylic acids is 1. The molecule has 2 aromatic rings. The van der Waals surface area contributed by atoms with E-state index in [0.29, 0.717) is 11.2 Å². The van der Waals surface area contributed by atoms with Crippen LogP contribution in [0.15, 0.2) is 36.4 Å². The minimum absolute atomic E-state index is 0.427. The molecule has 1 amide bonds. The van der Waals surface area contributed by atoms with Gasteiger partial charge in [-0.15, -0.1) is 11.3 Å². The summed E-state index contributed by atoms with van der Waals surface area (Å²) in [5, 5.41) is 13.2. The Hall–Kier alpha value is -2.47. The lowest BCUT2D eigenvalue weighted by atomic mass is 10.1. The summed E-state index contributed by atoms with van der Waals surface area (Å²) in [5.41, 5.74) is 2.94. The lowest BCUT2D eigenvalue weighted by molar-refractivity contribution is -0.297. The van der Waals surface area contributed by atoms with Crippen LogP contribution in [0.4, 0.5) is 5.13 Å². The molecule has 0 aliphatic rings. The molecule has 0 atom stereocenters. The highest BCUT2D eigenvalue weighted by Crippen LogP contribution is 2.30. The Balaban J connectivity index is 2.17. The molecular formula is C15H13N2O3S-. The molecule has 0 spiro atoms. The van der Waals surface area contributed by atoms with E-state index in [9.17, 15) is 14.7 Å². The Morgan fingerprint density at radius 2 is 1.86 bits per heavy atom. The number of benzene rings is 1. The van der Waals surface area contributed by atoms with Gasteiger partial charge in [0.2, 0.25) is 5.91 Å². The van der Waals surface area contributed by atoms with Gasteiger partial charge in [-0.1, -0.05) is 29.8 Å². The largest absolute Gasteiger partial charge is 0.545 e. The van der Waals surface area contributed by atoms with Gasteiger partial charge in [-0.05, 0) is 19.9 Å². The highest BCUT2D eigenvalue weighted by molar-refractivity contribution is 7.16. The molecule has 21 heavy (non-hydrogen) atoms. The zero-order valence-corrected chi connectivity index (χ0v) is 12.4. The number of aliphatic carboxylic acids is 1. The number of rotatable bonds is 4. The van der Waals surface area contributed by atoms with Crippen LogP contribution in [0, 0.1) is 13.8 Å². The molecule has 0 aliphatic heterocycles. The molecule has 0 aliphatic carbocycles. The van der Waals surface area contributed by atoms with Crippen molar-refractivity contribution in [2.45, 2.75) is 13.8 Å². The number of nitrogens with zero attached hydrogens (tertiary/aromatic N) is 1. The zero-order valence-electron chi connectivity index (χ0n) is 11.5. The Morgan fingerprint density at radius 3 is 2.48 bits per heavy atom. The molecule has 2 rings (SSSR count). The van der Waals surface area contributed by atoms with E-state index in [1.165, 1.54) is 11.3 Å². The third-order valence-electron chi connectivity index (χ3n) is 2.72. The molecule has 1 aromatic carbocycles. The fraction of sp³-hybridized carbons (Fsp3) is 0.133. The van der Waals surface area contributed by atoms with Gasteiger partial charge in [-0.25, -0.2) is 4.98 Å². The average molecular weight is 301 g/mol. The number of thiazole rings is 1. The number of hydrogen-bond acceptors (Lipinski definition) is 5. The minimum atomic E-state index is -1.42. The topological polar surface area (TPSA) is 82.1 Å². The van der Waals surface area contributed by atoms with E-state index in [4.69, 9.17) is 0 Å². The van der Waals surface area contributed by atoms with Gasteiger partial charge in [-0.3, -0.25) is 10.1 Å². The average Bonchev–Trinajstić information content (AvgIpc) is 2.78. The molecule has 5 nitrogen and oxygen atoms in total. The Labute approximate surface area is 126 Å². The van der Waals surface area contributed by atoms with Crippen LogP contribution in [0.3, 0.4) is 0 Å². The first-order valence-electron chi connectivity index (χ1n) is 6.20. The number of aromatic nitrogens is 1. The number of carbonyl (C=O) groups is 2. The summed E-state index contributed by atoms with van der Waals surface area (Å²) in [4.78, 5) is 27.1. The molecule has 0 saturated heterocycles. The van der Waals surface area contributed by atoms with Gasteiger partial charge in [-0.2, -0.15) is 0 Å². The highest BCUT2D eigenvalue weighted by Gasteiger charge is 2.10. The molecule has 1 N–H and O–H groups in total. The number of carboxylic acid groups (broad SMARTS) is 1. The summed E-state index contributed by atoms with van der Waals surface area (Å²) >= 11 is 1.34. The van der Waals surface area contributed by atoms with Crippen molar-refractivity contribution in [2.75, 3.05) is 5.32 Å². The van der Waals surface area contributed by atoms with Crippen LogP contribution in [0.1, 0.15) is 10.4 Å². The van der Waals surface area contributed by atoms with Crippen LogP contribution in [0.25, 0.3) is 11.3 Å². The maximum absolute atomic E-state index is 11.5. The van der Waals surface area contributed by atoms with Gasteiger partial charge in [0.15, 0.2) is 5.13 Å². The quantitative estimate of drug-likeness (QED) is 0.871. The first kappa shape index (κ1) is 14.9. The molecule has 0 fully saturated rings. The summed E-state index contributed by atoms with van der Waals surface area (Å²) in [6, 6.07) is 7.93. The molecule has 0 bridgehead atoms. The second-order valence-electron chi connectivity index (χ2n) is 4.43. The van der Waals surface area contributed by atoms with E-state index in [1.54, 1.807) is 0 Å². The van der Waals surface area contributed by atoms with Crippen LogP contribution in [-0.4, -0.2) is 16.9 Å². The van der Waals surface area contributed by atoms with Crippen LogP contribution in [0.5, 0.6) is 0 Å². The maximum atomic E-state index is 11.5. The summed E-state index contributed by atoms with van der Waals surface area (Å²) in [7, 11) is 0. The van der Waals surface area contributed by atoms with Gasteiger partial charge in [0.25, 0.3) is 0 Å². The van der Waals surface area contributed by atoms with Crippen molar-refractivity contribution in [3.8, 4) is 11.3 Å². The summed E-state index contributed by atoms with van der Waals surface area (Å²) in [6.07, 6.45) is 1.58.